The molecule has 1 aromatic carbocycles. The minimum absolute atomic E-state index is 0.0631. The predicted molar refractivity (Wildman–Crippen MR) is 70.2 cm³/mol. The van der Waals surface area contributed by atoms with Gasteiger partial charge in [0.25, 0.3) is 0 Å². The van der Waals surface area contributed by atoms with E-state index in [2.05, 4.69) is 12.2 Å². The summed E-state index contributed by atoms with van der Waals surface area (Å²) in [7, 11) is 3.24. The van der Waals surface area contributed by atoms with Gasteiger partial charge in [0.1, 0.15) is 6.29 Å². The molecule has 0 saturated carbocycles. The summed E-state index contributed by atoms with van der Waals surface area (Å²) in [6.45, 7) is 0. The monoisotopic (exact) mass is 246 g/mol. The number of methoxy groups -OCH3 is 2. The first-order chi connectivity index (χ1) is 8.80. The van der Waals surface area contributed by atoms with Crippen molar-refractivity contribution in [2.45, 2.75) is 18.8 Å². The number of allylic oxidation sites excluding steroid dienone is 2. The van der Waals surface area contributed by atoms with Gasteiger partial charge in [-0.15, -0.1) is 0 Å². The molecule has 1 aromatic rings. The molecule has 3 heteroatoms. The summed E-state index contributed by atoms with van der Waals surface area (Å²) < 4.78 is 10.5. The number of ether oxygens (including phenoxy) is 2. The predicted octanol–water partition coefficient (Wildman–Crippen LogP) is 2.95. The number of hydrogen-bond donors (Lipinski definition) is 0. The number of aldehydes is 1. The van der Waals surface area contributed by atoms with Gasteiger partial charge in [0.2, 0.25) is 0 Å². The minimum Gasteiger partial charge on any atom is -0.493 e. The Hall–Kier alpha value is -1.77. The number of benzene rings is 1. The van der Waals surface area contributed by atoms with Crippen LogP contribution in [0.4, 0.5) is 0 Å². The topological polar surface area (TPSA) is 35.5 Å². The van der Waals surface area contributed by atoms with Crippen molar-refractivity contribution in [2.24, 2.45) is 5.92 Å². The van der Waals surface area contributed by atoms with Crippen molar-refractivity contribution < 1.29 is 14.3 Å². The van der Waals surface area contributed by atoms with Crippen LogP contribution in [0.25, 0.3) is 0 Å². The largest absolute Gasteiger partial charge is 0.493 e. The molecular formula is C15H18O3. The van der Waals surface area contributed by atoms with Crippen LogP contribution >= 0.6 is 0 Å². The second-order valence-electron chi connectivity index (χ2n) is 4.45. The van der Waals surface area contributed by atoms with E-state index in [0.717, 1.165) is 24.7 Å². The first-order valence-electron chi connectivity index (χ1n) is 6.14. The lowest BCUT2D eigenvalue weighted by molar-refractivity contribution is -0.111. The number of rotatable bonds is 4. The Morgan fingerprint density at radius 2 is 2.00 bits per heavy atom. The van der Waals surface area contributed by atoms with E-state index in [1.54, 1.807) is 14.2 Å². The van der Waals surface area contributed by atoms with Crippen LogP contribution in [-0.4, -0.2) is 20.5 Å². The third-order valence-corrected chi connectivity index (χ3v) is 3.44. The van der Waals surface area contributed by atoms with Gasteiger partial charge in [-0.2, -0.15) is 0 Å². The van der Waals surface area contributed by atoms with Gasteiger partial charge in [0.05, 0.1) is 14.2 Å². The molecule has 0 spiro atoms. The Morgan fingerprint density at radius 3 is 2.67 bits per heavy atom. The highest BCUT2D eigenvalue weighted by Gasteiger charge is 2.23. The van der Waals surface area contributed by atoms with Crippen molar-refractivity contribution in [1.29, 1.82) is 0 Å². The lowest BCUT2D eigenvalue weighted by Gasteiger charge is -2.24. The van der Waals surface area contributed by atoms with Crippen LogP contribution in [-0.2, 0) is 4.79 Å². The highest BCUT2D eigenvalue weighted by atomic mass is 16.5. The normalized spacial score (nSPS) is 22.6. The van der Waals surface area contributed by atoms with E-state index in [-0.39, 0.29) is 11.8 Å². The maximum absolute atomic E-state index is 11.1. The van der Waals surface area contributed by atoms with Crippen molar-refractivity contribution in [3.8, 4) is 11.5 Å². The van der Waals surface area contributed by atoms with Gasteiger partial charge in [-0.1, -0.05) is 18.2 Å². The van der Waals surface area contributed by atoms with Gasteiger partial charge >= 0.3 is 0 Å². The average Bonchev–Trinajstić information content (AvgIpc) is 2.46. The first kappa shape index (κ1) is 12.7. The molecule has 0 aromatic heterocycles. The summed E-state index contributed by atoms with van der Waals surface area (Å²) >= 11 is 0. The molecule has 1 aliphatic rings. The Bertz CT molecular complexity index is 451. The van der Waals surface area contributed by atoms with Gasteiger partial charge in [-0.05, 0) is 30.5 Å². The quantitative estimate of drug-likeness (QED) is 0.605. The van der Waals surface area contributed by atoms with E-state index in [4.69, 9.17) is 9.47 Å². The van der Waals surface area contributed by atoms with E-state index in [9.17, 15) is 4.79 Å². The molecule has 0 unspecified atom stereocenters. The average molecular weight is 246 g/mol. The van der Waals surface area contributed by atoms with Crippen LogP contribution in [0.1, 0.15) is 24.3 Å². The maximum atomic E-state index is 11.1. The Balaban J connectivity index is 2.35. The zero-order valence-corrected chi connectivity index (χ0v) is 10.8. The standard InChI is InChI=1S/C15H18O3/c1-17-14-8-7-11(9-15(14)18-2)13-6-4-3-5-12(13)10-16/h4,6-10,12-13H,3,5H2,1-2H3/t12-,13+/m0/s1. The first-order valence-corrected chi connectivity index (χ1v) is 6.14. The molecule has 2 rings (SSSR count). The molecule has 0 aliphatic heterocycles. The summed E-state index contributed by atoms with van der Waals surface area (Å²) in [5.74, 6) is 1.63. The summed E-state index contributed by atoms with van der Waals surface area (Å²) in [6.07, 6.45) is 7.21. The molecule has 1 aliphatic carbocycles. The highest BCUT2D eigenvalue weighted by Crippen LogP contribution is 2.36. The van der Waals surface area contributed by atoms with Gasteiger partial charge in [0, 0.05) is 11.8 Å². The lowest BCUT2D eigenvalue weighted by Crippen LogP contribution is -2.15. The molecule has 0 radical (unpaired) electrons. The summed E-state index contributed by atoms with van der Waals surface area (Å²) in [5, 5.41) is 0. The summed E-state index contributed by atoms with van der Waals surface area (Å²) in [5.41, 5.74) is 1.10. The van der Waals surface area contributed by atoms with Crippen molar-refractivity contribution >= 4 is 6.29 Å². The third kappa shape index (κ3) is 2.40. The number of carbonyl (C=O) groups excluding carboxylic acids is 1. The van der Waals surface area contributed by atoms with E-state index in [1.165, 1.54) is 0 Å². The highest BCUT2D eigenvalue weighted by molar-refractivity contribution is 5.58. The zero-order valence-electron chi connectivity index (χ0n) is 10.8. The second-order valence-corrected chi connectivity index (χ2v) is 4.45. The Labute approximate surface area is 107 Å². The van der Waals surface area contributed by atoms with Gasteiger partial charge < -0.3 is 14.3 Å². The Morgan fingerprint density at radius 1 is 1.22 bits per heavy atom. The molecule has 3 nitrogen and oxygen atoms in total. The van der Waals surface area contributed by atoms with Crippen LogP contribution in [0.3, 0.4) is 0 Å². The lowest BCUT2D eigenvalue weighted by atomic mass is 9.80. The van der Waals surface area contributed by atoms with Crippen LogP contribution in [0.5, 0.6) is 11.5 Å². The minimum atomic E-state index is 0.0631. The van der Waals surface area contributed by atoms with Gasteiger partial charge in [-0.25, -0.2) is 0 Å². The van der Waals surface area contributed by atoms with E-state index in [0.29, 0.717) is 11.5 Å². The van der Waals surface area contributed by atoms with Crippen LogP contribution in [0.2, 0.25) is 0 Å². The fourth-order valence-electron chi connectivity index (χ4n) is 2.42. The van der Waals surface area contributed by atoms with E-state index >= 15 is 0 Å². The van der Waals surface area contributed by atoms with Crippen molar-refractivity contribution in [3.05, 3.63) is 35.9 Å². The fourth-order valence-corrected chi connectivity index (χ4v) is 2.42. The number of hydrogen-bond acceptors (Lipinski definition) is 3. The molecular weight excluding hydrogens is 228 g/mol. The smallest absolute Gasteiger partial charge is 0.161 e. The molecule has 0 N–H and O–H groups in total. The van der Waals surface area contributed by atoms with Gasteiger partial charge in [-0.3, -0.25) is 0 Å². The molecule has 0 fully saturated rings. The molecule has 0 bridgehead atoms. The third-order valence-electron chi connectivity index (χ3n) is 3.44. The van der Waals surface area contributed by atoms with E-state index in [1.807, 2.05) is 18.2 Å². The second kappa shape index (κ2) is 5.71. The van der Waals surface area contributed by atoms with Crippen LogP contribution in [0.15, 0.2) is 30.4 Å². The molecule has 0 saturated heterocycles. The van der Waals surface area contributed by atoms with Crippen LogP contribution in [0, 0.1) is 5.92 Å². The fraction of sp³-hybridized carbons (Fsp3) is 0.400. The molecule has 18 heavy (non-hydrogen) atoms. The molecule has 2 atom stereocenters. The zero-order chi connectivity index (χ0) is 13.0. The molecule has 0 amide bonds. The van der Waals surface area contributed by atoms with Crippen molar-refractivity contribution in [1.82, 2.24) is 0 Å². The number of carbonyl (C=O) groups is 1. The summed E-state index contributed by atoms with van der Waals surface area (Å²) in [4.78, 5) is 11.1. The SMILES string of the molecule is COc1ccc([C@H]2C=CCC[C@H]2C=O)cc1OC. The van der Waals surface area contributed by atoms with Gasteiger partial charge in [0.15, 0.2) is 11.5 Å². The van der Waals surface area contributed by atoms with E-state index < -0.39 is 0 Å². The summed E-state index contributed by atoms with van der Waals surface area (Å²) in [6, 6.07) is 5.84. The molecule has 96 valence electrons. The maximum Gasteiger partial charge on any atom is 0.161 e. The van der Waals surface area contributed by atoms with Crippen molar-refractivity contribution in [2.75, 3.05) is 14.2 Å². The van der Waals surface area contributed by atoms with Crippen LogP contribution < -0.4 is 9.47 Å². The molecule has 0 heterocycles. The Kier molecular flexibility index (Phi) is 4.03. The van der Waals surface area contributed by atoms with Crippen molar-refractivity contribution in [3.63, 3.8) is 0 Å².